The Balaban J connectivity index is 2.70. The van der Waals surface area contributed by atoms with E-state index >= 15 is 0 Å². The fourth-order valence-corrected chi connectivity index (χ4v) is 5.32. The Labute approximate surface area is 127 Å². The minimum absolute atomic E-state index is 0.285. The third-order valence-corrected chi connectivity index (χ3v) is 6.67. The lowest BCUT2D eigenvalue weighted by molar-refractivity contribution is 0.0102. The molecule has 0 aromatic rings. The molecule has 1 aliphatic carbocycles. The van der Waals surface area contributed by atoms with E-state index in [4.69, 9.17) is 9.47 Å². The zero-order chi connectivity index (χ0) is 15.2. The van der Waals surface area contributed by atoms with Crippen LogP contribution in [0, 0.1) is 17.3 Å². The molecule has 0 aliphatic heterocycles. The lowest BCUT2D eigenvalue weighted by atomic mass is 9.86. The molecule has 0 amide bonds. The van der Waals surface area contributed by atoms with Crippen molar-refractivity contribution in [3.05, 3.63) is 0 Å². The number of hydrogen-bond acceptors (Lipinski definition) is 2. The Morgan fingerprint density at radius 1 is 0.950 bits per heavy atom. The van der Waals surface area contributed by atoms with Gasteiger partial charge in [-0.2, -0.15) is 0 Å². The highest BCUT2D eigenvalue weighted by atomic mass is 28.3. The number of hydrogen-bond donors (Lipinski definition) is 0. The standard InChI is InChI=1S/C17H36O2Si/c1-7-8-15-11-17(13-18-2,14-19-3)12-16(15)9-10-20(4,5)6/h15-16H,7-14H2,1-6H3/t15-,16-/m1/s1. The second-order valence-electron chi connectivity index (χ2n) is 8.18. The van der Waals surface area contributed by atoms with Crippen molar-refractivity contribution in [1.82, 2.24) is 0 Å². The van der Waals surface area contributed by atoms with Crippen molar-refractivity contribution >= 4 is 8.07 Å². The van der Waals surface area contributed by atoms with Gasteiger partial charge in [0.05, 0.1) is 13.2 Å². The average Bonchev–Trinajstić information content (AvgIpc) is 2.66. The molecule has 1 saturated carbocycles. The molecule has 0 unspecified atom stereocenters. The van der Waals surface area contributed by atoms with Crippen LogP contribution in [0.5, 0.6) is 0 Å². The highest BCUT2D eigenvalue weighted by molar-refractivity contribution is 6.76. The Bertz CT molecular complexity index is 267. The van der Waals surface area contributed by atoms with E-state index in [-0.39, 0.29) is 5.41 Å². The second kappa shape index (κ2) is 7.95. The Morgan fingerprint density at radius 3 is 1.85 bits per heavy atom. The zero-order valence-corrected chi connectivity index (χ0v) is 15.6. The van der Waals surface area contributed by atoms with E-state index < -0.39 is 8.07 Å². The molecule has 0 bridgehead atoms. The topological polar surface area (TPSA) is 18.5 Å². The van der Waals surface area contributed by atoms with Crippen molar-refractivity contribution in [2.75, 3.05) is 27.4 Å². The van der Waals surface area contributed by atoms with Crippen LogP contribution < -0.4 is 0 Å². The van der Waals surface area contributed by atoms with Gasteiger partial charge in [0.2, 0.25) is 0 Å². The van der Waals surface area contributed by atoms with Crippen LogP contribution in [0.3, 0.4) is 0 Å². The van der Waals surface area contributed by atoms with E-state index in [1.807, 2.05) is 14.2 Å². The summed E-state index contributed by atoms with van der Waals surface area (Å²) < 4.78 is 11.1. The summed E-state index contributed by atoms with van der Waals surface area (Å²) in [4.78, 5) is 0. The van der Waals surface area contributed by atoms with E-state index in [1.54, 1.807) is 0 Å². The van der Waals surface area contributed by atoms with Gasteiger partial charge in [0.25, 0.3) is 0 Å². The molecule has 1 aliphatic rings. The molecule has 2 nitrogen and oxygen atoms in total. The normalized spacial score (nSPS) is 26.1. The van der Waals surface area contributed by atoms with E-state index in [1.165, 1.54) is 38.1 Å². The third-order valence-electron chi connectivity index (χ3n) is 4.88. The Kier molecular flexibility index (Phi) is 7.23. The maximum atomic E-state index is 5.53. The first-order valence-corrected chi connectivity index (χ1v) is 12.0. The minimum atomic E-state index is -0.923. The summed E-state index contributed by atoms with van der Waals surface area (Å²) >= 11 is 0. The van der Waals surface area contributed by atoms with E-state index in [2.05, 4.69) is 26.6 Å². The molecular weight excluding hydrogens is 264 g/mol. The van der Waals surface area contributed by atoms with Gasteiger partial charge in [-0.05, 0) is 24.7 Å². The monoisotopic (exact) mass is 300 g/mol. The highest BCUT2D eigenvalue weighted by Crippen LogP contribution is 2.50. The summed E-state index contributed by atoms with van der Waals surface area (Å²) in [5, 5.41) is 0. The van der Waals surface area contributed by atoms with Crippen LogP contribution in [0.1, 0.15) is 39.0 Å². The highest BCUT2D eigenvalue weighted by Gasteiger charge is 2.44. The van der Waals surface area contributed by atoms with Gasteiger partial charge in [-0.25, -0.2) is 0 Å². The quantitative estimate of drug-likeness (QED) is 0.568. The molecule has 0 radical (unpaired) electrons. The van der Waals surface area contributed by atoms with Gasteiger partial charge in [0.1, 0.15) is 0 Å². The van der Waals surface area contributed by atoms with Crippen LogP contribution in [-0.2, 0) is 9.47 Å². The molecule has 0 aromatic heterocycles. The molecule has 0 heterocycles. The predicted molar refractivity (Wildman–Crippen MR) is 90.1 cm³/mol. The van der Waals surface area contributed by atoms with Crippen LogP contribution in [0.2, 0.25) is 25.7 Å². The number of ether oxygens (including phenoxy) is 2. The summed E-state index contributed by atoms with van der Waals surface area (Å²) in [7, 11) is 2.75. The van der Waals surface area contributed by atoms with Gasteiger partial charge in [-0.3, -0.25) is 0 Å². The molecule has 0 N–H and O–H groups in total. The molecule has 0 saturated heterocycles. The molecule has 120 valence electrons. The summed E-state index contributed by atoms with van der Waals surface area (Å²) in [6.45, 7) is 11.5. The second-order valence-corrected chi connectivity index (χ2v) is 13.8. The predicted octanol–water partition coefficient (Wildman–Crippen LogP) is 4.82. The average molecular weight is 301 g/mol. The number of methoxy groups -OCH3 is 2. The van der Waals surface area contributed by atoms with E-state index in [9.17, 15) is 0 Å². The molecule has 20 heavy (non-hydrogen) atoms. The first-order valence-electron chi connectivity index (χ1n) is 8.34. The lowest BCUT2D eigenvalue weighted by Crippen LogP contribution is -2.29. The van der Waals surface area contributed by atoms with Crippen molar-refractivity contribution in [3.63, 3.8) is 0 Å². The molecule has 1 fully saturated rings. The van der Waals surface area contributed by atoms with Crippen LogP contribution in [0.25, 0.3) is 0 Å². The first kappa shape index (κ1) is 18.2. The maximum absolute atomic E-state index is 5.53. The molecule has 0 spiro atoms. The summed E-state index contributed by atoms with van der Waals surface area (Å²) in [5.41, 5.74) is 0.285. The fraction of sp³-hybridized carbons (Fsp3) is 1.00. The largest absolute Gasteiger partial charge is 0.384 e. The molecular formula is C17H36O2Si. The van der Waals surface area contributed by atoms with Gasteiger partial charge >= 0.3 is 0 Å². The van der Waals surface area contributed by atoms with Gasteiger partial charge in [0.15, 0.2) is 0 Å². The lowest BCUT2D eigenvalue weighted by Gasteiger charge is -2.28. The summed E-state index contributed by atoms with van der Waals surface area (Å²) in [6.07, 6.45) is 6.73. The van der Waals surface area contributed by atoms with Crippen molar-refractivity contribution in [1.29, 1.82) is 0 Å². The summed E-state index contributed by atoms with van der Waals surface area (Å²) in [5.74, 6) is 1.79. The molecule has 3 heteroatoms. The van der Waals surface area contributed by atoms with Crippen molar-refractivity contribution in [2.24, 2.45) is 17.3 Å². The molecule has 1 rings (SSSR count). The summed E-state index contributed by atoms with van der Waals surface area (Å²) in [6, 6.07) is 1.47. The van der Waals surface area contributed by atoms with Gasteiger partial charge < -0.3 is 9.47 Å². The maximum Gasteiger partial charge on any atom is 0.0540 e. The fourth-order valence-electron chi connectivity index (χ4n) is 4.08. The van der Waals surface area contributed by atoms with Crippen molar-refractivity contribution < 1.29 is 9.47 Å². The van der Waals surface area contributed by atoms with Crippen molar-refractivity contribution in [3.8, 4) is 0 Å². The zero-order valence-electron chi connectivity index (χ0n) is 14.6. The van der Waals surface area contributed by atoms with Crippen LogP contribution >= 0.6 is 0 Å². The smallest absolute Gasteiger partial charge is 0.0540 e. The molecule has 2 atom stereocenters. The first-order chi connectivity index (χ1) is 9.36. The SMILES string of the molecule is CCC[C@@H]1CC(COC)(COC)C[C@H]1CC[Si](C)(C)C. The Morgan fingerprint density at radius 2 is 1.45 bits per heavy atom. The van der Waals surface area contributed by atoms with Crippen LogP contribution in [0.4, 0.5) is 0 Å². The van der Waals surface area contributed by atoms with E-state index in [0.29, 0.717) is 0 Å². The third kappa shape index (κ3) is 5.49. The van der Waals surface area contributed by atoms with E-state index in [0.717, 1.165) is 25.0 Å². The van der Waals surface area contributed by atoms with Crippen LogP contribution in [-0.4, -0.2) is 35.5 Å². The van der Waals surface area contributed by atoms with Gasteiger partial charge in [-0.15, -0.1) is 0 Å². The van der Waals surface area contributed by atoms with Crippen molar-refractivity contribution in [2.45, 2.75) is 64.7 Å². The number of rotatable bonds is 9. The van der Waals surface area contributed by atoms with Gasteiger partial charge in [0, 0.05) is 27.7 Å². The van der Waals surface area contributed by atoms with Gasteiger partial charge in [-0.1, -0.05) is 51.9 Å². The van der Waals surface area contributed by atoms with Crippen LogP contribution in [0.15, 0.2) is 0 Å². The molecule has 0 aromatic carbocycles. The minimum Gasteiger partial charge on any atom is -0.384 e. The Hall–Kier alpha value is 0.137.